The summed E-state index contributed by atoms with van der Waals surface area (Å²) in [4.78, 5) is 11.2. The number of allylic oxidation sites excluding steroid dienone is 2. The third kappa shape index (κ3) is 2.36. The van der Waals surface area contributed by atoms with Gasteiger partial charge in [-0.25, -0.2) is 4.79 Å². The van der Waals surface area contributed by atoms with Gasteiger partial charge in [-0.2, -0.15) is 0 Å². The van der Waals surface area contributed by atoms with Crippen LogP contribution in [-0.2, 0) is 0 Å². The second-order valence-electron chi connectivity index (χ2n) is 4.33. The number of benzene rings is 1. The van der Waals surface area contributed by atoms with Crippen LogP contribution < -0.4 is 4.74 Å². The van der Waals surface area contributed by atoms with Gasteiger partial charge >= 0.3 is 5.97 Å². The van der Waals surface area contributed by atoms with E-state index in [1.165, 1.54) is 13.2 Å². The average molecular weight is 267 g/mol. The van der Waals surface area contributed by atoms with Crippen molar-refractivity contribution in [2.24, 2.45) is 0 Å². The summed E-state index contributed by atoms with van der Waals surface area (Å²) in [5, 5.41) is 9.75. The van der Waals surface area contributed by atoms with E-state index >= 15 is 0 Å². The highest BCUT2D eigenvalue weighted by Gasteiger charge is 2.24. The van der Waals surface area contributed by atoms with Gasteiger partial charge in [0.25, 0.3) is 0 Å². The van der Waals surface area contributed by atoms with Gasteiger partial charge < -0.3 is 9.84 Å². The van der Waals surface area contributed by atoms with Crippen LogP contribution in [0.15, 0.2) is 24.3 Å². The molecule has 3 nitrogen and oxygen atoms in total. The quantitative estimate of drug-likeness (QED) is 0.845. The van der Waals surface area contributed by atoms with Crippen molar-refractivity contribution in [2.75, 3.05) is 7.11 Å². The molecule has 18 heavy (non-hydrogen) atoms. The van der Waals surface area contributed by atoms with Crippen LogP contribution in [-0.4, -0.2) is 18.2 Å². The average Bonchev–Trinajstić information content (AvgIpc) is 2.38. The SMILES string of the molecule is COc1c(C(=O)O)ccc(Cl)c1C1CC=CCC1. The number of hydrogen-bond acceptors (Lipinski definition) is 2. The number of methoxy groups -OCH3 is 1. The van der Waals surface area contributed by atoms with Gasteiger partial charge in [0.1, 0.15) is 11.3 Å². The Morgan fingerprint density at radius 1 is 1.44 bits per heavy atom. The molecule has 0 saturated heterocycles. The molecule has 0 fully saturated rings. The molecule has 1 aliphatic rings. The molecule has 4 heteroatoms. The smallest absolute Gasteiger partial charge is 0.339 e. The zero-order valence-corrected chi connectivity index (χ0v) is 10.9. The summed E-state index contributed by atoms with van der Waals surface area (Å²) in [6, 6.07) is 3.13. The van der Waals surface area contributed by atoms with E-state index in [0.717, 1.165) is 24.8 Å². The molecule has 1 atom stereocenters. The zero-order valence-electron chi connectivity index (χ0n) is 10.1. The standard InChI is InChI=1S/C14H15ClO3/c1-18-13-10(14(16)17)7-8-11(15)12(13)9-5-3-2-4-6-9/h2-3,7-9H,4-6H2,1H3,(H,16,17). The predicted octanol–water partition coefficient (Wildman–Crippen LogP) is 3.87. The molecule has 0 amide bonds. The van der Waals surface area contributed by atoms with E-state index in [1.54, 1.807) is 6.07 Å². The monoisotopic (exact) mass is 266 g/mol. The molecule has 1 aromatic rings. The van der Waals surface area contributed by atoms with Gasteiger partial charge in [0.2, 0.25) is 0 Å². The van der Waals surface area contributed by atoms with Crippen LogP contribution in [0.2, 0.25) is 5.02 Å². The molecule has 1 N–H and O–H groups in total. The molecule has 1 aliphatic carbocycles. The lowest BCUT2D eigenvalue weighted by Crippen LogP contribution is -2.09. The molecule has 1 unspecified atom stereocenters. The van der Waals surface area contributed by atoms with Gasteiger partial charge in [-0.15, -0.1) is 0 Å². The summed E-state index contributed by atoms with van der Waals surface area (Å²) >= 11 is 6.22. The minimum Gasteiger partial charge on any atom is -0.495 e. The normalized spacial score (nSPS) is 18.7. The van der Waals surface area contributed by atoms with Crippen molar-refractivity contribution in [3.63, 3.8) is 0 Å². The Balaban J connectivity index is 2.53. The largest absolute Gasteiger partial charge is 0.495 e. The summed E-state index contributed by atoms with van der Waals surface area (Å²) in [6.07, 6.45) is 7.07. The van der Waals surface area contributed by atoms with Crippen LogP contribution in [0.5, 0.6) is 5.75 Å². The van der Waals surface area contributed by atoms with E-state index in [9.17, 15) is 9.90 Å². The van der Waals surface area contributed by atoms with E-state index in [0.29, 0.717) is 10.8 Å². The van der Waals surface area contributed by atoms with Gasteiger partial charge in [-0.1, -0.05) is 23.8 Å². The first kappa shape index (κ1) is 13.0. The van der Waals surface area contributed by atoms with Gasteiger partial charge in [0.05, 0.1) is 7.11 Å². The highest BCUT2D eigenvalue weighted by molar-refractivity contribution is 6.31. The van der Waals surface area contributed by atoms with E-state index in [1.807, 2.05) is 0 Å². The lowest BCUT2D eigenvalue weighted by atomic mass is 9.86. The van der Waals surface area contributed by atoms with Gasteiger partial charge in [-0.05, 0) is 37.3 Å². The maximum Gasteiger partial charge on any atom is 0.339 e. The van der Waals surface area contributed by atoms with Crippen molar-refractivity contribution in [3.8, 4) is 5.75 Å². The van der Waals surface area contributed by atoms with E-state index in [2.05, 4.69) is 12.2 Å². The topological polar surface area (TPSA) is 46.5 Å². The predicted molar refractivity (Wildman–Crippen MR) is 70.7 cm³/mol. The molecule has 0 saturated carbocycles. The minimum absolute atomic E-state index is 0.173. The van der Waals surface area contributed by atoms with E-state index in [-0.39, 0.29) is 11.5 Å². The Kier molecular flexibility index (Phi) is 3.92. The van der Waals surface area contributed by atoms with Gasteiger partial charge in [0.15, 0.2) is 0 Å². The van der Waals surface area contributed by atoms with Crippen LogP contribution in [0.3, 0.4) is 0 Å². The highest BCUT2D eigenvalue weighted by Crippen LogP contribution is 2.41. The first-order valence-electron chi connectivity index (χ1n) is 5.89. The lowest BCUT2D eigenvalue weighted by molar-refractivity contribution is 0.0693. The number of carboxylic acid groups (broad SMARTS) is 1. The molecular formula is C14H15ClO3. The van der Waals surface area contributed by atoms with Crippen molar-refractivity contribution in [1.82, 2.24) is 0 Å². The number of rotatable bonds is 3. The Labute approximate surface area is 111 Å². The van der Waals surface area contributed by atoms with Crippen molar-refractivity contribution in [2.45, 2.75) is 25.2 Å². The Hall–Kier alpha value is -1.48. The van der Waals surface area contributed by atoms with Crippen molar-refractivity contribution in [3.05, 3.63) is 40.4 Å². The number of ether oxygens (including phenoxy) is 1. The first-order valence-corrected chi connectivity index (χ1v) is 6.27. The van der Waals surface area contributed by atoms with E-state index in [4.69, 9.17) is 16.3 Å². The van der Waals surface area contributed by atoms with Crippen molar-refractivity contribution in [1.29, 1.82) is 0 Å². The van der Waals surface area contributed by atoms with Gasteiger partial charge in [0, 0.05) is 10.6 Å². The maximum absolute atomic E-state index is 11.2. The number of aromatic carboxylic acids is 1. The molecule has 96 valence electrons. The number of carboxylic acids is 1. The van der Waals surface area contributed by atoms with Crippen LogP contribution in [0.1, 0.15) is 41.1 Å². The van der Waals surface area contributed by atoms with Crippen molar-refractivity contribution < 1.29 is 14.6 Å². The lowest BCUT2D eigenvalue weighted by Gasteiger charge is -2.22. The fourth-order valence-electron chi connectivity index (χ4n) is 2.40. The van der Waals surface area contributed by atoms with Crippen LogP contribution in [0.4, 0.5) is 0 Å². The third-order valence-corrected chi connectivity index (χ3v) is 3.58. The molecule has 0 aliphatic heterocycles. The Morgan fingerprint density at radius 3 is 2.78 bits per heavy atom. The molecular weight excluding hydrogens is 252 g/mol. The third-order valence-electron chi connectivity index (χ3n) is 3.25. The Bertz CT molecular complexity index is 494. The molecule has 0 spiro atoms. The fraction of sp³-hybridized carbons (Fsp3) is 0.357. The molecule has 0 heterocycles. The first-order chi connectivity index (χ1) is 8.65. The van der Waals surface area contributed by atoms with E-state index < -0.39 is 5.97 Å². The minimum atomic E-state index is -0.990. The summed E-state index contributed by atoms with van der Waals surface area (Å²) in [5.41, 5.74) is 0.995. The van der Waals surface area contributed by atoms with Crippen LogP contribution >= 0.6 is 11.6 Å². The number of hydrogen-bond donors (Lipinski definition) is 1. The molecule has 0 aromatic heterocycles. The van der Waals surface area contributed by atoms with Crippen molar-refractivity contribution >= 4 is 17.6 Å². The second kappa shape index (κ2) is 5.44. The second-order valence-corrected chi connectivity index (χ2v) is 4.74. The van der Waals surface area contributed by atoms with Crippen LogP contribution in [0, 0.1) is 0 Å². The van der Waals surface area contributed by atoms with Gasteiger partial charge in [-0.3, -0.25) is 0 Å². The Morgan fingerprint density at radius 2 is 2.22 bits per heavy atom. The zero-order chi connectivity index (χ0) is 13.1. The highest BCUT2D eigenvalue weighted by atomic mass is 35.5. The molecule has 1 aromatic carbocycles. The number of halogens is 1. The molecule has 0 radical (unpaired) electrons. The summed E-state index contributed by atoms with van der Waals surface area (Å²) in [7, 11) is 1.49. The number of carbonyl (C=O) groups is 1. The van der Waals surface area contributed by atoms with Crippen LogP contribution in [0.25, 0.3) is 0 Å². The maximum atomic E-state index is 11.2. The molecule has 0 bridgehead atoms. The fourth-order valence-corrected chi connectivity index (χ4v) is 2.70. The molecule has 2 rings (SSSR count). The summed E-state index contributed by atoms with van der Waals surface area (Å²) in [5.74, 6) is -0.358. The summed E-state index contributed by atoms with van der Waals surface area (Å²) in [6.45, 7) is 0. The summed E-state index contributed by atoms with van der Waals surface area (Å²) < 4.78 is 5.28.